The molecule has 0 spiro atoms. The van der Waals surface area contributed by atoms with E-state index in [0.29, 0.717) is 12.5 Å². The van der Waals surface area contributed by atoms with Crippen LogP contribution in [0.1, 0.15) is 51.4 Å². The second-order valence-corrected chi connectivity index (χ2v) is 6.11. The summed E-state index contributed by atoms with van der Waals surface area (Å²) in [7, 11) is 0. The predicted molar refractivity (Wildman–Crippen MR) is 75.9 cm³/mol. The minimum absolute atomic E-state index is 0.130. The number of nitrogens with zero attached hydrogens (tertiary/aromatic N) is 1. The molecule has 2 N–H and O–H groups in total. The van der Waals surface area contributed by atoms with Crippen LogP contribution in [0, 0.1) is 5.92 Å². The summed E-state index contributed by atoms with van der Waals surface area (Å²) in [5, 5.41) is 12.4. The second kappa shape index (κ2) is 7.85. The lowest BCUT2D eigenvalue weighted by Gasteiger charge is -2.34. The van der Waals surface area contributed by atoms with Crippen molar-refractivity contribution in [3.63, 3.8) is 0 Å². The number of hydrogen-bond donors (Lipinski definition) is 2. The smallest absolute Gasteiger partial charge is 0.234 e. The number of hydrogen-bond acceptors (Lipinski definition) is 3. The van der Waals surface area contributed by atoms with Crippen molar-refractivity contribution in [3.8, 4) is 0 Å². The summed E-state index contributed by atoms with van der Waals surface area (Å²) in [6.45, 7) is 2.42. The van der Waals surface area contributed by atoms with Crippen LogP contribution in [0.2, 0.25) is 0 Å². The van der Waals surface area contributed by atoms with E-state index in [0.717, 1.165) is 25.9 Å². The fourth-order valence-corrected chi connectivity index (χ4v) is 3.36. The van der Waals surface area contributed by atoms with Crippen molar-refractivity contribution in [1.29, 1.82) is 0 Å². The molecule has 19 heavy (non-hydrogen) atoms. The van der Waals surface area contributed by atoms with E-state index in [2.05, 4.69) is 10.2 Å². The van der Waals surface area contributed by atoms with E-state index in [-0.39, 0.29) is 18.6 Å². The van der Waals surface area contributed by atoms with Crippen molar-refractivity contribution >= 4 is 5.91 Å². The molecule has 4 nitrogen and oxygen atoms in total. The summed E-state index contributed by atoms with van der Waals surface area (Å²) in [5.41, 5.74) is 0. The zero-order valence-corrected chi connectivity index (χ0v) is 11.9. The minimum atomic E-state index is 0.130. The average molecular weight is 268 g/mol. The maximum atomic E-state index is 12.0. The zero-order valence-electron chi connectivity index (χ0n) is 11.9. The van der Waals surface area contributed by atoms with Crippen LogP contribution in [0.25, 0.3) is 0 Å². The number of aliphatic hydroxyl groups is 1. The number of nitrogens with one attached hydrogen (secondary N) is 1. The number of likely N-dealkylation sites (tertiary alicyclic amines) is 1. The summed E-state index contributed by atoms with van der Waals surface area (Å²) < 4.78 is 0. The molecule has 1 heterocycles. The highest BCUT2D eigenvalue weighted by atomic mass is 16.3. The number of rotatable bonds is 5. The Morgan fingerprint density at radius 3 is 2.58 bits per heavy atom. The average Bonchev–Trinajstić information content (AvgIpc) is 2.47. The highest BCUT2D eigenvalue weighted by molar-refractivity contribution is 5.78. The first-order valence-corrected chi connectivity index (χ1v) is 7.91. The van der Waals surface area contributed by atoms with Crippen molar-refractivity contribution in [3.05, 3.63) is 0 Å². The van der Waals surface area contributed by atoms with Gasteiger partial charge in [0.15, 0.2) is 0 Å². The first-order chi connectivity index (χ1) is 9.29. The SMILES string of the molecule is O=C(CN1CCCC[C@@H]1CO)NCC1CCCCC1. The van der Waals surface area contributed by atoms with E-state index >= 15 is 0 Å². The van der Waals surface area contributed by atoms with Crippen LogP contribution in [-0.2, 0) is 4.79 Å². The van der Waals surface area contributed by atoms with Gasteiger partial charge in [0.25, 0.3) is 0 Å². The monoisotopic (exact) mass is 268 g/mol. The molecule has 1 saturated heterocycles. The lowest BCUT2D eigenvalue weighted by atomic mass is 9.89. The summed E-state index contributed by atoms with van der Waals surface area (Å²) in [5.74, 6) is 0.818. The molecule has 4 heteroatoms. The number of aliphatic hydroxyl groups excluding tert-OH is 1. The Morgan fingerprint density at radius 2 is 1.84 bits per heavy atom. The van der Waals surface area contributed by atoms with Gasteiger partial charge in [-0.1, -0.05) is 25.7 Å². The molecule has 1 amide bonds. The van der Waals surface area contributed by atoms with Gasteiger partial charge in [-0.15, -0.1) is 0 Å². The minimum Gasteiger partial charge on any atom is -0.395 e. The molecule has 0 unspecified atom stereocenters. The van der Waals surface area contributed by atoms with Crippen molar-refractivity contribution in [2.75, 3.05) is 26.2 Å². The topological polar surface area (TPSA) is 52.6 Å². The molecule has 2 aliphatic rings. The molecule has 2 fully saturated rings. The quantitative estimate of drug-likeness (QED) is 0.795. The summed E-state index contributed by atoms with van der Waals surface area (Å²) in [6.07, 6.45) is 9.87. The van der Waals surface area contributed by atoms with Gasteiger partial charge in [0.1, 0.15) is 0 Å². The molecule has 1 saturated carbocycles. The van der Waals surface area contributed by atoms with Crippen LogP contribution < -0.4 is 5.32 Å². The van der Waals surface area contributed by atoms with Crippen LogP contribution in [-0.4, -0.2) is 48.2 Å². The van der Waals surface area contributed by atoms with Crippen molar-refractivity contribution < 1.29 is 9.90 Å². The summed E-state index contributed by atoms with van der Waals surface area (Å²) in [6, 6.07) is 0.189. The third-order valence-corrected chi connectivity index (χ3v) is 4.62. The van der Waals surface area contributed by atoms with E-state index in [9.17, 15) is 9.90 Å². The van der Waals surface area contributed by atoms with E-state index < -0.39 is 0 Å². The fraction of sp³-hybridized carbons (Fsp3) is 0.933. The Hall–Kier alpha value is -0.610. The molecule has 0 bridgehead atoms. The maximum Gasteiger partial charge on any atom is 0.234 e. The fourth-order valence-electron chi connectivity index (χ4n) is 3.36. The lowest BCUT2D eigenvalue weighted by Crippen LogP contribution is -2.47. The van der Waals surface area contributed by atoms with Crippen molar-refractivity contribution in [2.24, 2.45) is 5.92 Å². The van der Waals surface area contributed by atoms with Crippen LogP contribution in [0.5, 0.6) is 0 Å². The molecule has 0 aromatic carbocycles. The van der Waals surface area contributed by atoms with Gasteiger partial charge < -0.3 is 10.4 Å². The maximum absolute atomic E-state index is 12.0. The van der Waals surface area contributed by atoms with Gasteiger partial charge in [-0.05, 0) is 38.1 Å². The molecular formula is C15H28N2O2. The Labute approximate surface area is 116 Å². The molecule has 1 aliphatic heterocycles. The third-order valence-electron chi connectivity index (χ3n) is 4.62. The Balaban J connectivity index is 1.67. The van der Waals surface area contributed by atoms with E-state index in [4.69, 9.17) is 0 Å². The first kappa shape index (κ1) is 14.8. The van der Waals surface area contributed by atoms with Crippen molar-refractivity contribution in [1.82, 2.24) is 10.2 Å². The lowest BCUT2D eigenvalue weighted by molar-refractivity contribution is -0.123. The van der Waals surface area contributed by atoms with E-state index in [1.54, 1.807) is 0 Å². The molecular weight excluding hydrogens is 240 g/mol. The van der Waals surface area contributed by atoms with Gasteiger partial charge in [0, 0.05) is 12.6 Å². The van der Waals surface area contributed by atoms with Crippen LogP contribution in [0.3, 0.4) is 0 Å². The standard InChI is InChI=1S/C15H28N2O2/c18-12-14-8-4-5-9-17(14)11-15(19)16-10-13-6-2-1-3-7-13/h13-14,18H,1-12H2,(H,16,19)/t14-/m1/s1. The predicted octanol–water partition coefficient (Wildman–Crippen LogP) is 1.53. The Kier molecular flexibility index (Phi) is 6.11. The summed E-state index contributed by atoms with van der Waals surface area (Å²) >= 11 is 0. The molecule has 0 radical (unpaired) electrons. The second-order valence-electron chi connectivity index (χ2n) is 6.11. The Morgan fingerprint density at radius 1 is 1.11 bits per heavy atom. The van der Waals surface area contributed by atoms with Gasteiger partial charge in [-0.3, -0.25) is 9.69 Å². The van der Waals surface area contributed by atoms with Gasteiger partial charge in [0.05, 0.1) is 13.2 Å². The summed E-state index contributed by atoms with van der Waals surface area (Å²) in [4.78, 5) is 14.1. The highest BCUT2D eigenvalue weighted by Gasteiger charge is 2.23. The third kappa shape index (κ3) is 4.77. The van der Waals surface area contributed by atoms with Gasteiger partial charge in [-0.25, -0.2) is 0 Å². The van der Waals surface area contributed by atoms with Gasteiger partial charge in [0.2, 0.25) is 5.91 Å². The van der Waals surface area contributed by atoms with Crippen LogP contribution in [0.15, 0.2) is 0 Å². The number of carbonyl (C=O) groups excluding carboxylic acids is 1. The number of amides is 1. The normalized spacial score (nSPS) is 26.3. The highest BCUT2D eigenvalue weighted by Crippen LogP contribution is 2.22. The largest absolute Gasteiger partial charge is 0.395 e. The first-order valence-electron chi connectivity index (χ1n) is 7.91. The number of carbonyl (C=O) groups is 1. The molecule has 0 aromatic rings. The zero-order chi connectivity index (χ0) is 13.5. The van der Waals surface area contributed by atoms with Crippen molar-refractivity contribution in [2.45, 2.75) is 57.4 Å². The molecule has 1 aliphatic carbocycles. The van der Waals surface area contributed by atoms with Crippen LogP contribution in [0.4, 0.5) is 0 Å². The molecule has 2 rings (SSSR count). The van der Waals surface area contributed by atoms with Gasteiger partial charge >= 0.3 is 0 Å². The van der Waals surface area contributed by atoms with E-state index in [1.807, 2.05) is 0 Å². The molecule has 0 aromatic heterocycles. The van der Waals surface area contributed by atoms with Crippen LogP contribution >= 0.6 is 0 Å². The van der Waals surface area contributed by atoms with Gasteiger partial charge in [-0.2, -0.15) is 0 Å². The molecule has 110 valence electrons. The molecule has 1 atom stereocenters. The van der Waals surface area contributed by atoms with E-state index in [1.165, 1.54) is 38.5 Å². The Bertz CT molecular complexity index is 277. The number of piperidine rings is 1.